The molecule has 0 bridgehead atoms. The fraction of sp³-hybridized carbons (Fsp3) is 0.643. The highest BCUT2D eigenvalue weighted by atomic mass is 16.5. The summed E-state index contributed by atoms with van der Waals surface area (Å²) >= 11 is 0. The molecule has 1 aromatic carbocycles. The smallest absolute Gasteiger partial charge is 0.159 e. The first-order valence-electron chi connectivity index (χ1n) is 12.8. The van der Waals surface area contributed by atoms with E-state index in [4.69, 9.17) is 4.74 Å². The van der Waals surface area contributed by atoms with Gasteiger partial charge in [-0.1, -0.05) is 102 Å². The summed E-state index contributed by atoms with van der Waals surface area (Å²) in [6, 6.07) is 8.84. The maximum absolute atomic E-state index is 5.71. The lowest BCUT2D eigenvalue weighted by Gasteiger charge is -2.28. The van der Waals surface area contributed by atoms with Crippen LogP contribution in [-0.4, -0.2) is 16.6 Å². The Labute approximate surface area is 190 Å². The molecule has 170 valence electrons. The van der Waals surface area contributed by atoms with Crippen LogP contribution in [0.1, 0.15) is 96.5 Å². The van der Waals surface area contributed by atoms with Crippen LogP contribution in [0.15, 0.2) is 36.7 Å². The Kier molecular flexibility index (Phi) is 10.3. The topological polar surface area (TPSA) is 35.0 Å². The molecule has 1 aromatic heterocycles. The van der Waals surface area contributed by atoms with Crippen molar-refractivity contribution in [2.45, 2.75) is 97.3 Å². The van der Waals surface area contributed by atoms with Crippen LogP contribution in [0.3, 0.4) is 0 Å². The fourth-order valence-corrected chi connectivity index (χ4v) is 4.77. The van der Waals surface area contributed by atoms with Crippen molar-refractivity contribution in [3.63, 3.8) is 0 Å². The highest BCUT2D eigenvalue weighted by molar-refractivity contribution is 5.55. The summed E-state index contributed by atoms with van der Waals surface area (Å²) in [4.78, 5) is 8.99. The molecule has 0 unspecified atom stereocenters. The van der Waals surface area contributed by atoms with Gasteiger partial charge < -0.3 is 4.74 Å². The Morgan fingerprint density at radius 3 is 2.03 bits per heavy atom. The van der Waals surface area contributed by atoms with Crippen molar-refractivity contribution in [2.24, 2.45) is 11.8 Å². The lowest BCUT2D eigenvalue weighted by Crippen LogP contribution is -2.15. The molecule has 3 rings (SSSR count). The number of nitrogens with zero attached hydrogens (tertiary/aromatic N) is 2. The number of benzene rings is 1. The second-order valence-corrected chi connectivity index (χ2v) is 9.42. The summed E-state index contributed by atoms with van der Waals surface area (Å²) < 4.78 is 5.71. The Bertz CT molecular complexity index is 718. The van der Waals surface area contributed by atoms with Gasteiger partial charge in [-0.3, -0.25) is 0 Å². The Morgan fingerprint density at radius 1 is 0.774 bits per heavy atom. The van der Waals surface area contributed by atoms with Crippen LogP contribution in [0, 0.1) is 11.8 Å². The van der Waals surface area contributed by atoms with Gasteiger partial charge in [0.1, 0.15) is 0 Å². The van der Waals surface area contributed by atoms with E-state index in [1.165, 1.54) is 82.6 Å². The van der Waals surface area contributed by atoms with Gasteiger partial charge >= 0.3 is 0 Å². The average Bonchev–Trinajstić information content (AvgIpc) is 2.82. The summed E-state index contributed by atoms with van der Waals surface area (Å²) in [5.74, 6) is 3.47. The summed E-state index contributed by atoms with van der Waals surface area (Å²) in [6.07, 6.45) is 21.1. The standard InChI is InChI=1S/C28H42N2O/c1-3-5-7-9-23-10-12-24(13-11-23)14-15-25-16-18-26(19-17-25)28-29-21-27(22-30-28)31-20-8-6-4-2/h16-19,21-24H,3-15,20H2,1-2H3/t23-,24-. The van der Waals surface area contributed by atoms with Crippen LogP contribution in [-0.2, 0) is 6.42 Å². The van der Waals surface area contributed by atoms with Gasteiger partial charge in [-0.05, 0) is 36.7 Å². The van der Waals surface area contributed by atoms with E-state index in [1.54, 1.807) is 12.4 Å². The molecule has 0 spiro atoms. The van der Waals surface area contributed by atoms with Gasteiger partial charge in [0, 0.05) is 5.56 Å². The minimum Gasteiger partial charge on any atom is -0.490 e. The second kappa shape index (κ2) is 13.5. The number of hydrogen-bond acceptors (Lipinski definition) is 3. The van der Waals surface area contributed by atoms with Crippen molar-refractivity contribution in [3.05, 3.63) is 42.2 Å². The Balaban J connectivity index is 1.39. The van der Waals surface area contributed by atoms with Gasteiger partial charge in [0.25, 0.3) is 0 Å². The van der Waals surface area contributed by atoms with Gasteiger partial charge in [0.2, 0.25) is 0 Å². The van der Waals surface area contributed by atoms with E-state index < -0.39 is 0 Å². The van der Waals surface area contributed by atoms with E-state index in [-0.39, 0.29) is 0 Å². The first-order chi connectivity index (χ1) is 15.3. The molecule has 0 radical (unpaired) electrons. The lowest BCUT2D eigenvalue weighted by atomic mass is 9.78. The Hall–Kier alpha value is -1.90. The zero-order chi connectivity index (χ0) is 21.7. The molecule has 3 nitrogen and oxygen atoms in total. The predicted molar refractivity (Wildman–Crippen MR) is 130 cm³/mol. The van der Waals surface area contributed by atoms with E-state index >= 15 is 0 Å². The maximum Gasteiger partial charge on any atom is 0.159 e. The van der Waals surface area contributed by atoms with Crippen molar-refractivity contribution in [1.82, 2.24) is 9.97 Å². The van der Waals surface area contributed by atoms with Crippen LogP contribution in [0.25, 0.3) is 11.4 Å². The normalized spacial score (nSPS) is 18.8. The van der Waals surface area contributed by atoms with Gasteiger partial charge in [0.05, 0.1) is 19.0 Å². The van der Waals surface area contributed by atoms with Crippen LogP contribution in [0.5, 0.6) is 5.75 Å². The molecule has 1 saturated carbocycles. The molecular weight excluding hydrogens is 380 g/mol. The monoisotopic (exact) mass is 422 g/mol. The summed E-state index contributed by atoms with van der Waals surface area (Å²) in [5.41, 5.74) is 2.51. The predicted octanol–water partition coefficient (Wildman–Crippen LogP) is 8.03. The quantitative estimate of drug-likeness (QED) is 0.306. The van der Waals surface area contributed by atoms with Crippen LogP contribution in [0.2, 0.25) is 0 Å². The Morgan fingerprint density at radius 2 is 1.39 bits per heavy atom. The van der Waals surface area contributed by atoms with E-state index in [9.17, 15) is 0 Å². The number of ether oxygens (including phenoxy) is 1. The third-order valence-corrected chi connectivity index (χ3v) is 6.88. The molecule has 3 heteroatoms. The largest absolute Gasteiger partial charge is 0.490 e. The molecule has 1 fully saturated rings. The maximum atomic E-state index is 5.71. The van der Waals surface area contributed by atoms with Crippen molar-refractivity contribution >= 4 is 0 Å². The minimum absolute atomic E-state index is 0.742. The van der Waals surface area contributed by atoms with Crippen molar-refractivity contribution < 1.29 is 4.74 Å². The van der Waals surface area contributed by atoms with Gasteiger partial charge in [-0.2, -0.15) is 0 Å². The average molecular weight is 423 g/mol. The zero-order valence-corrected chi connectivity index (χ0v) is 19.8. The molecule has 2 aromatic rings. The molecule has 1 heterocycles. The molecular formula is C28H42N2O. The van der Waals surface area contributed by atoms with E-state index in [0.29, 0.717) is 0 Å². The van der Waals surface area contributed by atoms with Crippen LogP contribution >= 0.6 is 0 Å². The highest BCUT2D eigenvalue weighted by Crippen LogP contribution is 2.34. The number of hydrogen-bond donors (Lipinski definition) is 0. The van der Waals surface area contributed by atoms with Crippen LogP contribution in [0.4, 0.5) is 0 Å². The number of aryl methyl sites for hydroxylation is 1. The lowest BCUT2D eigenvalue weighted by molar-refractivity contribution is 0.249. The number of unbranched alkanes of at least 4 members (excludes halogenated alkanes) is 4. The third-order valence-electron chi connectivity index (χ3n) is 6.88. The highest BCUT2D eigenvalue weighted by Gasteiger charge is 2.20. The number of rotatable bonds is 13. The van der Waals surface area contributed by atoms with E-state index in [2.05, 4.69) is 48.1 Å². The summed E-state index contributed by atoms with van der Waals surface area (Å²) in [6.45, 7) is 5.24. The molecule has 0 aliphatic heterocycles. The van der Waals surface area contributed by atoms with Crippen molar-refractivity contribution in [3.8, 4) is 17.1 Å². The van der Waals surface area contributed by atoms with E-state index in [0.717, 1.165) is 42.0 Å². The minimum atomic E-state index is 0.742. The van der Waals surface area contributed by atoms with Gasteiger partial charge in [0.15, 0.2) is 11.6 Å². The molecule has 0 atom stereocenters. The summed E-state index contributed by atoms with van der Waals surface area (Å²) in [5, 5.41) is 0. The number of aromatic nitrogens is 2. The third kappa shape index (κ3) is 8.27. The molecule has 1 aliphatic rings. The van der Waals surface area contributed by atoms with Crippen LogP contribution < -0.4 is 4.74 Å². The van der Waals surface area contributed by atoms with Crippen molar-refractivity contribution in [1.29, 1.82) is 0 Å². The molecule has 0 amide bonds. The molecule has 31 heavy (non-hydrogen) atoms. The SMILES string of the molecule is CCCCCOc1cnc(-c2ccc(CC[C@H]3CC[C@H](CCCCC)CC3)cc2)nc1. The fourth-order valence-electron chi connectivity index (χ4n) is 4.77. The van der Waals surface area contributed by atoms with Crippen molar-refractivity contribution in [2.75, 3.05) is 6.61 Å². The molecule has 1 aliphatic carbocycles. The zero-order valence-electron chi connectivity index (χ0n) is 19.8. The first-order valence-corrected chi connectivity index (χ1v) is 12.8. The first kappa shape index (κ1) is 23.8. The molecule has 0 N–H and O–H groups in total. The second-order valence-electron chi connectivity index (χ2n) is 9.42. The van der Waals surface area contributed by atoms with E-state index in [1.807, 2.05) is 0 Å². The molecule has 0 saturated heterocycles. The summed E-state index contributed by atoms with van der Waals surface area (Å²) in [7, 11) is 0. The van der Waals surface area contributed by atoms with Gasteiger partial charge in [-0.25, -0.2) is 9.97 Å². The van der Waals surface area contributed by atoms with Gasteiger partial charge in [-0.15, -0.1) is 0 Å².